The van der Waals surface area contributed by atoms with Crippen molar-refractivity contribution in [3.05, 3.63) is 24.0 Å². The first kappa shape index (κ1) is 11.7. The Bertz CT molecular complexity index is 302. The van der Waals surface area contributed by atoms with Crippen molar-refractivity contribution < 1.29 is 9.47 Å². The second-order valence-corrected chi connectivity index (χ2v) is 5.47. The predicted molar refractivity (Wildman–Crippen MR) is 65.1 cm³/mol. The SMILES string of the molecule is COC(C)(C)CCO/C=C1/CC2C=CC1C2. The molecular weight excluding hydrogens is 200 g/mol. The molecule has 2 nitrogen and oxygen atoms in total. The highest BCUT2D eigenvalue weighted by atomic mass is 16.5. The van der Waals surface area contributed by atoms with E-state index >= 15 is 0 Å². The Hall–Kier alpha value is -0.760. The van der Waals surface area contributed by atoms with Gasteiger partial charge in [-0.2, -0.15) is 0 Å². The van der Waals surface area contributed by atoms with Crippen molar-refractivity contribution in [2.45, 2.75) is 38.7 Å². The number of hydrogen-bond donors (Lipinski definition) is 0. The summed E-state index contributed by atoms with van der Waals surface area (Å²) in [4.78, 5) is 0. The van der Waals surface area contributed by atoms with Crippen molar-refractivity contribution in [2.75, 3.05) is 13.7 Å². The second kappa shape index (κ2) is 4.62. The Morgan fingerprint density at radius 2 is 2.25 bits per heavy atom. The molecule has 0 aromatic rings. The molecule has 2 heteroatoms. The van der Waals surface area contributed by atoms with E-state index in [1.807, 2.05) is 6.26 Å². The van der Waals surface area contributed by atoms with E-state index in [4.69, 9.17) is 9.47 Å². The molecule has 90 valence electrons. The molecule has 0 heterocycles. The van der Waals surface area contributed by atoms with Crippen LogP contribution >= 0.6 is 0 Å². The molecule has 16 heavy (non-hydrogen) atoms. The van der Waals surface area contributed by atoms with E-state index in [1.165, 1.54) is 18.4 Å². The molecule has 2 rings (SSSR count). The van der Waals surface area contributed by atoms with Crippen molar-refractivity contribution in [2.24, 2.45) is 11.8 Å². The zero-order valence-corrected chi connectivity index (χ0v) is 10.5. The fraction of sp³-hybridized carbons (Fsp3) is 0.714. The van der Waals surface area contributed by atoms with Crippen LogP contribution in [0.4, 0.5) is 0 Å². The van der Waals surface area contributed by atoms with E-state index < -0.39 is 0 Å². The van der Waals surface area contributed by atoms with Crippen molar-refractivity contribution in [1.29, 1.82) is 0 Å². The van der Waals surface area contributed by atoms with Crippen LogP contribution in [0.2, 0.25) is 0 Å². The smallest absolute Gasteiger partial charge is 0.0900 e. The summed E-state index contributed by atoms with van der Waals surface area (Å²) in [7, 11) is 1.75. The fourth-order valence-electron chi connectivity index (χ4n) is 2.36. The van der Waals surface area contributed by atoms with E-state index in [2.05, 4.69) is 26.0 Å². The zero-order valence-electron chi connectivity index (χ0n) is 10.5. The molecule has 0 spiro atoms. The summed E-state index contributed by atoms with van der Waals surface area (Å²) in [6.45, 7) is 4.92. The van der Waals surface area contributed by atoms with E-state index in [9.17, 15) is 0 Å². The molecule has 0 aromatic carbocycles. The van der Waals surface area contributed by atoms with Crippen LogP contribution in [0.15, 0.2) is 24.0 Å². The average Bonchev–Trinajstić information content (AvgIpc) is 2.86. The maximum absolute atomic E-state index is 5.63. The van der Waals surface area contributed by atoms with Gasteiger partial charge >= 0.3 is 0 Å². The van der Waals surface area contributed by atoms with Crippen molar-refractivity contribution in [3.8, 4) is 0 Å². The Morgan fingerprint density at radius 3 is 2.81 bits per heavy atom. The molecule has 0 aliphatic heterocycles. The standard InChI is InChI=1S/C14H22O2/c1-14(2,15-3)6-7-16-10-13-9-11-4-5-12(13)8-11/h4-5,10-12H,6-9H2,1-3H3/b13-10-. The van der Waals surface area contributed by atoms with E-state index in [-0.39, 0.29) is 5.60 Å². The van der Waals surface area contributed by atoms with Crippen molar-refractivity contribution in [1.82, 2.24) is 0 Å². The van der Waals surface area contributed by atoms with Crippen LogP contribution in [0.5, 0.6) is 0 Å². The first-order chi connectivity index (χ1) is 7.61. The van der Waals surface area contributed by atoms with Gasteiger partial charge in [0, 0.05) is 19.4 Å². The summed E-state index contributed by atoms with van der Waals surface area (Å²) in [5.74, 6) is 1.45. The molecular formula is C14H22O2. The summed E-state index contributed by atoms with van der Waals surface area (Å²) in [6, 6.07) is 0. The third kappa shape index (κ3) is 2.67. The molecule has 2 aliphatic rings. The highest BCUT2D eigenvalue weighted by Gasteiger charge is 2.30. The number of ether oxygens (including phenoxy) is 2. The molecule has 1 saturated carbocycles. The Morgan fingerprint density at radius 1 is 1.44 bits per heavy atom. The van der Waals surface area contributed by atoms with Crippen LogP contribution in [0.1, 0.15) is 33.1 Å². The van der Waals surface area contributed by atoms with Gasteiger partial charge in [-0.1, -0.05) is 12.2 Å². The number of hydrogen-bond acceptors (Lipinski definition) is 2. The molecule has 2 bridgehead atoms. The first-order valence-corrected chi connectivity index (χ1v) is 6.15. The average molecular weight is 222 g/mol. The summed E-state index contributed by atoms with van der Waals surface area (Å²) in [5.41, 5.74) is 1.40. The van der Waals surface area contributed by atoms with E-state index in [1.54, 1.807) is 7.11 Å². The maximum Gasteiger partial charge on any atom is 0.0900 e. The van der Waals surface area contributed by atoms with Crippen molar-refractivity contribution in [3.63, 3.8) is 0 Å². The lowest BCUT2D eigenvalue weighted by atomic mass is 10.0. The molecule has 0 N–H and O–H groups in total. The van der Waals surface area contributed by atoms with Crippen molar-refractivity contribution >= 4 is 0 Å². The lowest BCUT2D eigenvalue weighted by Gasteiger charge is -2.22. The monoisotopic (exact) mass is 222 g/mol. The van der Waals surface area contributed by atoms with Crippen LogP contribution < -0.4 is 0 Å². The second-order valence-electron chi connectivity index (χ2n) is 5.47. The molecule has 0 amide bonds. The van der Waals surface area contributed by atoms with Gasteiger partial charge < -0.3 is 9.47 Å². The summed E-state index contributed by atoms with van der Waals surface area (Å²) in [5, 5.41) is 0. The Kier molecular flexibility index (Phi) is 3.38. The van der Waals surface area contributed by atoms with Gasteiger partial charge in [-0.15, -0.1) is 0 Å². The van der Waals surface area contributed by atoms with Crippen LogP contribution in [0.25, 0.3) is 0 Å². The quantitative estimate of drug-likeness (QED) is 0.404. The highest BCUT2D eigenvalue weighted by molar-refractivity contribution is 5.25. The van der Waals surface area contributed by atoms with Crippen LogP contribution in [0.3, 0.4) is 0 Å². The third-order valence-corrected chi connectivity index (χ3v) is 3.76. The summed E-state index contributed by atoms with van der Waals surface area (Å²) < 4.78 is 11.0. The predicted octanol–water partition coefficient (Wildman–Crippen LogP) is 3.30. The molecule has 0 saturated heterocycles. The number of fused-ring (bicyclic) bond motifs is 2. The first-order valence-electron chi connectivity index (χ1n) is 6.15. The van der Waals surface area contributed by atoms with Gasteiger partial charge in [-0.3, -0.25) is 0 Å². The van der Waals surface area contributed by atoms with Gasteiger partial charge in [0.15, 0.2) is 0 Å². The topological polar surface area (TPSA) is 18.5 Å². The normalized spacial score (nSPS) is 30.3. The minimum absolute atomic E-state index is 0.0763. The third-order valence-electron chi connectivity index (χ3n) is 3.76. The zero-order chi connectivity index (χ0) is 11.6. The molecule has 0 aromatic heterocycles. The van der Waals surface area contributed by atoms with Crippen LogP contribution in [0, 0.1) is 11.8 Å². The summed E-state index contributed by atoms with van der Waals surface area (Å²) in [6.07, 6.45) is 10.1. The highest BCUT2D eigenvalue weighted by Crippen LogP contribution is 2.42. The molecule has 2 unspecified atom stereocenters. The maximum atomic E-state index is 5.63. The molecule has 2 atom stereocenters. The Labute approximate surface area is 98.3 Å². The van der Waals surface area contributed by atoms with Crippen LogP contribution in [-0.2, 0) is 9.47 Å². The minimum Gasteiger partial charge on any atom is -0.501 e. The van der Waals surface area contributed by atoms with Gasteiger partial charge in [0.25, 0.3) is 0 Å². The van der Waals surface area contributed by atoms with Crippen LogP contribution in [-0.4, -0.2) is 19.3 Å². The largest absolute Gasteiger partial charge is 0.501 e. The number of methoxy groups -OCH3 is 1. The summed E-state index contributed by atoms with van der Waals surface area (Å²) >= 11 is 0. The lowest BCUT2D eigenvalue weighted by Crippen LogP contribution is -2.24. The molecule has 0 radical (unpaired) electrons. The Balaban J connectivity index is 1.72. The van der Waals surface area contributed by atoms with Gasteiger partial charge in [0.05, 0.1) is 18.5 Å². The molecule has 1 fully saturated rings. The van der Waals surface area contributed by atoms with Gasteiger partial charge in [-0.05, 0) is 38.2 Å². The van der Waals surface area contributed by atoms with Gasteiger partial charge in [0.2, 0.25) is 0 Å². The molecule has 2 aliphatic carbocycles. The fourth-order valence-corrected chi connectivity index (χ4v) is 2.36. The van der Waals surface area contributed by atoms with E-state index in [0.717, 1.165) is 18.9 Å². The lowest BCUT2D eigenvalue weighted by molar-refractivity contribution is 0.000891. The van der Waals surface area contributed by atoms with E-state index in [0.29, 0.717) is 5.92 Å². The number of allylic oxidation sites excluding steroid dienone is 3. The minimum atomic E-state index is -0.0763. The number of rotatable bonds is 5. The van der Waals surface area contributed by atoms with Gasteiger partial charge in [0.1, 0.15) is 0 Å². The van der Waals surface area contributed by atoms with Gasteiger partial charge in [-0.25, -0.2) is 0 Å².